The lowest BCUT2D eigenvalue weighted by Gasteiger charge is -2.10. The van der Waals surface area contributed by atoms with Crippen molar-refractivity contribution in [2.45, 2.75) is 4.90 Å². The van der Waals surface area contributed by atoms with Gasteiger partial charge in [0.05, 0.1) is 4.47 Å². The lowest BCUT2D eigenvalue weighted by Crippen LogP contribution is -2.09. The van der Waals surface area contributed by atoms with E-state index < -0.39 is 12.6 Å². The fourth-order valence-corrected chi connectivity index (χ4v) is 4.18. The second-order valence-corrected chi connectivity index (χ2v) is 8.00. The summed E-state index contributed by atoms with van der Waals surface area (Å²) in [5, 5.41) is 8.72. The maximum absolute atomic E-state index is 14.4. The Balaban J connectivity index is 1.78. The molecule has 3 aromatic carbocycles. The van der Waals surface area contributed by atoms with Gasteiger partial charge >= 0.3 is 5.97 Å². The number of benzene rings is 3. The first-order valence-electron chi connectivity index (χ1n) is 8.82. The van der Waals surface area contributed by atoms with Gasteiger partial charge in [-0.15, -0.1) is 11.8 Å². The highest BCUT2D eigenvalue weighted by Gasteiger charge is 2.10. The van der Waals surface area contributed by atoms with E-state index in [2.05, 4.69) is 15.9 Å². The molecule has 0 saturated carbocycles. The fraction of sp³-hybridized carbons (Fsp3) is 0.0870. The molecule has 0 heterocycles. The Hall–Kier alpha value is -2.57. The molecule has 6 heteroatoms. The topological polar surface area (TPSA) is 46.5 Å². The number of carboxylic acid groups (broad SMARTS) is 1. The van der Waals surface area contributed by atoms with Crippen LogP contribution in [-0.2, 0) is 4.79 Å². The molecular formula is C23H18BrFO3S. The minimum Gasteiger partial charge on any atom is -0.481 e. The lowest BCUT2D eigenvalue weighted by atomic mass is 9.97. The number of ether oxygens (including phenoxy) is 1. The van der Waals surface area contributed by atoms with E-state index in [1.165, 1.54) is 6.07 Å². The predicted molar refractivity (Wildman–Crippen MR) is 118 cm³/mol. The third-order valence-corrected chi connectivity index (χ3v) is 5.58. The fourth-order valence-electron chi connectivity index (χ4n) is 2.73. The van der Waals surface area contributed by atoms with E-state index in [1.807, 2.05) is 54.6 Å². The summed E-state index contributed by atoms with van der Waals surface area (Å²) in [5.41, 5.74) is 2.37. The first-order chi connectivity index (χ1) is 14.0. The van der Waals surface area contributed by atoms with E-state index in [0.29, 0.717) is 21.5 Å². The van der Waals surface area contributed by atoms with E-state index in [4.69, 9.17) is 9.84 Å². The van der Waals surface area contributed by atoms with Gasteiger partial charge in [0, 0.05) is 16.2 Å². The molecular weight excluding hydrogens is 455 g/mol. The molecule has 0 fully saturated rings. The van der Waals surface area contributed by atoms with Crippen LogP contribution in [0.15, 0.2) is 88.2 Å². The van der Waals surface area contributed by atoms with Crippen molar-refractivity contribution in [1.82, 2.24) is 0 Å². The molecule has 0 aliphatic carbocycles. The molecule has 0 unspecified atom stereocenters. The number of aliphatic carboxylic acids is 1. The third-order valence-electron chi connectivity index (χ3n) is 4.04. The molecule has 0 atom stereocenters. The van der Waals surface area contributed by atoms with E-state index in [9.17, 15) is 9.18 Å². The van der Waals surface area contributed by atoms with Gasteiger partial charge in [-0.05, 0) is 51.3 Å². The van der Waals surface area contributed by atoms with Gasteiger partial charge in [-0.2, -0.15) is 0 Å². The molecule has 3 nitrogen and oxygen atoms in total. The summed E-state index contributed by atoms with van der Waals surface area (Å²) >= 11 is 5.00. The van der Waals surface area contributed by atoms with Crippen LogP contribution >= 0.6 is 27.7 Å². The smallest absolute Gasteiger partial charge is 0.341 e. The maximum atomic E-state index is 14.4. The van der Waals surface area contributed by atoms with Crippen molar-refractivity contribution in [3.63, 3.8) is 0 Å². The number of rotatable bonds is 8. The zero-order chi connectivity index (χ0) is 20.6. The average molecular weight is 473 g/mol. The monoisotopic (exact) mass is 472 g/mol. The van der Waals surface area contributed by atoms with Crippen molar-refractivity contribution in [3.8, 4) is 5.75 Å². The van der Waals surface area contributed by atoms with Crippen molar-refractivity contribution in [2.75, 3.05) is 12.4 Å². The quantitative estimate of drug-likeness (QED) is 0.392. The SMILES string of the molecule is O=C(O)COc1ccc(SCC=C(c2ccccc2)c2ccccc2F)cc1Br. The zero-order valence-corrected chi connectivity index (χ0v) is 17.8. The molecule has 0 aliphatic heterocycles. The zero-order valence-electron chi connectivity index (χ0n) is 15.3. The lowest BCUT2D eigenvalue weighted by molar-refractivity contribution is -0.139. The summed E-state index contributed by atoms with van der Waals surface area (Å²) < 4.78 is 20.3. The van der Waals surface area contributed by atoms with Gasteiger partial charge in [-0.3, -0.25) is 0 Å². The number of hydrogen-bond donors (Lipinski definition) is 1. The molecule has 29 heavy (non-hydrogen) atoms. The second kappa shape index (κ2) is 10.3. The van der Waals surface area contributed by atoms with E-state index in [1.54, 1.807) is 30.0 Å². The Labute approximate surface area is 181 Å². The second-order valence-electron chi connectivity index (χ2n) is 6.05. The minimum atomic E-state index is -1.03. The van der Waals surface area contributed by atoms with Crippen molar-refractivity contribution in [1.29, 1.82) is 0 Å². The molecule has 148 valence electrons. The molecule has 0 spiro atoms. The van der Waals surface area contributed by atoms with Crippen LogP contribution in [0.3, 0.4) is 0 Å². The van der Waals surface area contributed by atoms with Crippen molar-refractivity contribution in [3.05, 3.63) is 100 Å². The molecule has 0 radical (unpaired) electrons. The average Bonchev–Trinajstić information content (AvgIpc) is 2.72. The normalized spacial score (nSPS) is 11.3. The van der Waals surface area contributed by atoms with E-state index in [-0.39, 0.29) is 5.82 Å². The number of carbonyl (C=O) groups is 1. The summed E-state index contributed by atoms with van der Waals surface area (Å²) in [6, 6.07) is 22.0. The van der Waals surface area contributed by atoms with Crippen LogP contribution in [-0.4, -0.2) is 23.4 Å². The van der Waals surface area contributed by atoms with Gasteiger partial charge < -0.3 is 9.84 Å². The molecule has 0 amide bonds. The van der Waals surface area contributed by atoms with E-state index in [0.717, 1.165) is 16.0 Å². The summed E-state index contributed by atoms with van der Waals surface area (Å²) in [6.45, 7) is -0.392. The van der Waals surface area contributed by atoms with Crippen LogP contribution in [0, 0.1) is 5.82 Å². The van der Waals surface area contributed by atoms with Crippen LogP contribution in [0.2, 0.25) is 0 Å². The highest BCUT2D eigenvalue weighted by molar-refractivity contribution is 9.10. The Kier molecular flexibility index (Phi) is 7.49. The Bertz CT molecular complexity index is 1020. The number of carboxylic acids is 1. The number of thioether (sulfide) groups is 1. The van der Waals surface area contributed by atoms with Crippen molar-refractivity contribution >= 4 is 39.2 Å². The molecule has 0 saturated heterocycles. The van der Waals surface area contributed by atoms with E-state index >= 15 is 0 Å². The predicted octanol–water partition coefficient (Wildman–Crippen LogP) is 6.28. The van der Waals surface area contributed by atoms with Crippen LogP contribution in [0.1, 0.15) is 11.1 Å². The highest BCUT2D eigenvalue weighted by Crippen LogP contribution is 2.32. The van der Waals surface area contributed by atoms with Gasteiger partial charge in [0.15, 0.2) is 6.61 Å². The largest absolute Gasteiger partial charge is 0.481 e. The van der Waals surface area contributed by atoms with Gasteiger partial charge in [-0.25, -0.2) is 9.18 Å². The van der Waals surface area contributed by atoms with Crippen LogP contribution in [0.4, 0.5) is 4.39 Å². The van der Waals surface area contributed by atoms with Gasteiger partial charge in [0.2, 0.25) is 0 Å². The summed E-state index contributed by atoms with van der Waals surface area (Å²) in [4.78, 5) is 11.6. The van der Waals surface area contributed by atoms with Crippen molar-refractivity contribution < 1.29 is 19.0 Å². The molecule has 0 aliphatic rings. The molecule has 0 bridgehead atoms. The molecule has 3 rings (SSSR count). The first kappa shape index (κ1) is 21.1. The Morgan fingerprint density at radius 1 is 1.07 bits per heavy atom. The maximum Gasteiger partial charge on any atom is 0.341 e. The summed E-state index contributed by atoms with van der Waals surface area (Å²) in [6.07, 6.45) is 2.02. The highest BCUT2D eigenvalue weighted by atomic mass is 79.9. The first-order valence-corrected chi connectivity index (χ1v) is 10.6. The minimum absolute atomic E-state index is 0.254. The van der Waals surface area contributed by atoms with Gasteiger partial charge in [-0.1, -0.05) is 54.6 Å². The number of halogens is 2. The van der Waals surface area contributed by atoms with Crippen LogP contribution in [0.5, 0.6) is 5.75 Å². The van der Waals surface area contributed by atoms with Gasteiger partial charge in [0.1, 0.15) is 11.6 Å². The van der Waals surface area contributed by atoms with Crippen LogP contribution in [0.25, 0.3) is 5.57 Å². The third kappa shape index (κ3) is 5.95. The van der Waals surface area contributed by atoms with Crippen LogP contribution < -0.4 is 4.74 Å². The molecule has 1 N–H and O–H groups in total. The molecule has 0 aromatic heterocycles. The number of hydrogen-bond acceptors (Lipinski definition) is 3. The Morgan fingerprint density at radius 3 is 2.48 bits per heavy atom. The Morgan fingerprint density at radius 2 is 1.79 bits per heavy atom. The standard InChI is InChI=1S/C23H18BrFO3S/c24-20-14-17(10-11-22(20)28-15-23(26)27)29-13-12-18(16-6-2-1-3-7-16)19-8-4-5-9-21(19)25/h1-12,14H,13,15H2,(H,26,27). The summed E-state index contributed by atoms with van der Waals surface area (Å²) in [7, 11) is 0. The van der Waals surface area contributed by atoms with Gasteiger partial charge in [0.25, 0.3) is 0 Å². The molecule has 3 aromatic rings. The van der Waals surface area contributed by atoms with Crippen molar-refractivity contribution in [2.24, 2.45) is 0 Å². The summed E-state index contributed by atoms with van der Waals surface area (Å²) in [5.74, 6) is -0.165.